The van der Waals surface area contributed by atoms with Crippen molar-refractivity contribution in [3.8, 4) is 5.75 Å². The molecule has 0 radical (unpaired) electrons. The first kappa shape index (κ1) is 30.6. The van der Waals surface area contributed by atoms with Gasteiger partial charge < -0.3 is 10.1 Å². The first-order chi connectivity index (χ1) is 18.6. The summed E-state index contributed by atoms with van der Waals surface area (Å²) >= 11 is 0. The van der Waals surface area contributed by atoms with Crippen LogP contribution in [0.1, 0.15) is 67.7 Å². The first-order valence-corrected chi connectivity index (χ1v) is 15.4. The van der Waals surface area contributed by atoms with Crippen LogP contribution in [0, 0.1) is 6.92 Å². The number of aryl methyl sites for hydroxylation is 1. The molecule has 0 fully saturated rings. The van der Waals surface area contributed by atoms with Crippen molar-refractivity contribution in [1.82, 2.24) is 19.9 Å². The highest BCUT2D eigenvalue weighted by molar-refractivity contribution is 7.89. The lowest BCUT2D eigenvalue weighted by atomic mass is 9.88. The predicted molar refractivity (Wildman–Crippen MR) is 152 cm³/mol. The van der Waals surface area contributed by atoms with Crippen LogP contribution >= 0.6 is 0 Å². The average Bonchev–Trinajstić information content (AvgIpc) is 3.07. The van der Waals surface area contributed by atoms with E-state index in [0.717, 1.165) is 72.6 Å². The lowest BCUT2D eigenvalue weighted by Gasteiger charge is -2.25. The molecular weight excluding hydrogens is 516 g/mol. The fourth-order valence-electron chi connectivity index (χ4n) is 4.78. The largest absolute Gasteiger partial charge is 0.489 e. The summed E-state index contributed by atoms with van der Waals surface area (Å²) in [5.74, 6) is 6.02. The van der Waals surface area contributed by atoms with Crippen LogP contribution in [0.4, 0.5) is 0 Å². The number of nitrogens with one attached hydrogen (secondary N) is 2. The van der Waals surface area contributed by atoms with Crippen LogP contribution in [-0.4, -0.2) is 49.7 Å². The number of sulfonamides is 1. The van der Waals surface area contributed by atoms with E-state index in [2.05, 4.69) is 45.9 Å². The zero-order chi connectivity index (χ0) is 28.4. The third kappa shape index (κ3) is 9.61. The molecule has 6 N–H and O–H groups in total. The van der Waals surface area contributed by atoms with Gasteiger partial charge in [-0.25, -0.2) is 13.8 Å². The van der Waals surface area contributed by atoms with Crippen LogP contribution in [0.5, 0.6) is 5.75 Å². The minimum Gasteiger partial charge on any atom is -0.489 e. The summed E-state index contributed by atoms with van der Waals surface area (Å²) in [6, 6.07) is 8.20. The quantitative estimate of drug-likeness (QED) is 0.215. The zero-order valence-electron chi connectivity index (χ0n) is 23.4. The Kier molecular flexibility index (Phi) is 11.3. The molecule has 39 heavy (non-hydrogen) atoms. The fourth-order valence-corrected chi connectivity index (χ4v) is 5.28. The molecule has 11 heteroatoms. The number of rotatable bonds is 13. The molecule has 3 rings (SSSR count). The highest BCUT2D eigenvalue weighted by atomic mass is 32.2. The van der Waals surface area contributed by atoms with Crippen LogP contribution in [0.3, 0.4) is 0 Å². The van der Waals surface area contributed by atoms with E-state index >= 15 is 0 Å². The number of ether oxygens (including phenoxy) is 1. The van der Waals surface area contributed by atoms with Gasteiger partial charge in [-0.05, 0) is 55.4 Å². The van der Waals surface area contributed by atoms with E-state index in [1.807, 2.05) is 31.5 Å². The number of quaternary nitrogens is 1. The Morgan fingerprint density at radius 3 is 2.82 bits per heavy atom. The summed E-state index contributed by atoms with van der Waals surface area (Å²) < 4.78 is 31.7. The number of pyridine rings is 1. The van der Waals surface area contributed by atoms with Crippen LogP contribution < -0.4 is 26.0 Å². The maximum absolute atomic E-state index is 12.6. The maximum atomic E-state index is 12.6. The van der Waals surface area contributed by atoms with Gasteiger partial charge in [-0.1, -0.05) is 25.1 Å². The number of nitrogens with two attached hydrogens (primary N) is 2. The van der Waals surface area contributed by atoms with Crippen molar-refractivity contribution in [3.05, 3.63) is 70.8 Å². The molecule has 214 valence electrons. The molecule has 10 nitrogen and oxygen atoms in total. The normalized spacial score (nSPS) is 17.1. The van der Waals surface area contributed by atoms with Gasteiger partial charge in [-0.3, -0.25) is 19.4 Å². The molecule has 1 aromatic heterocycles. The topological polar surface area (TPSA) is 143 Å². The Morgan fingerprint density at radius 2 is 2.13 bits per heavy atom. The average molecular weight is 560 g/mol. The van der Waals surface area contributed by atoms with Crippen molar-refractivity contribution in [2.45, 2.75) is 71.6 Å². The van der Waals surface area contributed by atoms with Gasteiger partial charge >= 0.3 is 0 Å². The van der Waals surface area contributed by atoms with Gasteiger partial charge in [0.2, 0.25) is 15.9 Å². The lowest BCUT2D eigenvalue weighted by Crippen LogP contribution is -2.89. The Bertz CT molecular complexity index is 1250. The molecule has 2 heterocycles. The summed E-state index contributed by atoms with van der Waals surface area (Å²) in [6.07, 6.45) is 8.83. The summed E-state index contributed by atoms with van der Waals surface area (Å²) in [5, 5.41) is 3.17. The van der Waals surface area contributed by atoms with E-state index < -0.39 is 15.9 Å². The molecule has 0 spiro atoms. The van der Waals surface area contributed by atoms with E-state index in [0.29, 0.717) is 12.8 Å². The number of carbonyl (C=O) groups excluding carboxylic acids is 1. The minimum atomic E-state index is -3.64. The molecule has 0 aliphatic carbocycles. The molecule has 2 aromatic rings. The Balaban J connectivity index is 1.86. The number of amides is 1. The van der Waals surface area contributed by atoms with E-state index in [-0.39, 0.29) is 18.4 Å². The number of aromatic nitrogens is 1. The lowest BCUT2D eigenvalue weighted by molar-refractivity contribution is -0.621. The van der Waals surface area contributed by atoms with E-state index in [1.165, 1.54) is 0 Å². The molecule has 0 saturated carbocycles. The van der Waals surface area contributed by atoms with E-state index in [9.17, 15) is 13.2 Å². The molecule has 1 aromatic carbocycles. The van der Waals surface area contributed by atoms with E-state index in [1.54, 1.807) is 11.6 Å². The number of hydrogen-bond donors (Lipinski definition) is 4. The standard InChI is InChI=1S/C28H42N6O4S/c1-5-26-19-34(18-24-15-31-12-11-27(24)38-26)17-23-13-21(8-7-20(23)3)22(14-28(35)33-39(4,36)37)9-10-25(32-29)16-30-6-2/h7-8,11-13,15-16,22,26,30,32H,5-6,9-10,14,17-19,29H2,1-4H3,(H,33,35)/p+1. The first-order valence-electron chi connectivity index (χ1n) is 13.5. The second-order valence-corrected chi connectivity index (χ2v) is 11.9. The molecule has 1 amide bonds. The molecule has 0 bridgehead atoms. The SMILES string of the molecule is CCNC=C(CCC(CC(=O)NS(C)(=O)=O)c1ccc(C)c(CN2Cc3cnccc3OC(CC)C2)c1)[NH2+]N. The molecule has 1 aliphatic rings. The molecule has 0 saturated heterocycles. The van der Waals surface area contributed by atoms with Crippen molar-refractivity contribution >= 4 is 15.9 Å². The second kappa shape index (κ2) is 14.4. The maximum Gasteiger partial charge on any atom is 0.234 e. The number of benzene rings is 1. The highest BCUT2D eigenvalue weighted by Gasteiger charge is 2.24. The molecule has 2 atom stereocenters. The number of fused-ring (bicyclic) bond motifs is 1. The summed E-state index contributed by atoms with van der Waals surface area (Å²) in [5.41, 5.74) is 6.88. The van der Waals surface area contributed by atoms with Gasteiger partial charge in [0, 0.05) is 57.0 Å². The molecule has 1 aliphatic heterocycles. The monoisotopic (exact) mass is 559 g/mol. The third-order valence-corrected chi connectivity index (χ3v) is 7.52. The van der Waals surface area contributed by atoms with Gasteiger partial charge in [0.1, 0.15) is 17.6 Å². The fraction of sp³-hybridized carbons (Fsp3) is 0.500. The van der Waals surface area contributed by atoms with Gasteiger partial charge in [-0.2, -0.15) is 5.84 Å². The number of allylic oxidation sites excluding steroid dienone is 1. The number of hydrogen-bond acceptors (Lipinski definition) is 8. The van der Waals surface area contributed by atoms with Gasteiger partial charge in [0.05, 0.1) is 12.5 Å². The van der Waals surface area contributed by atoms with Gasteiger partial charge in [0.15, 0.2) is 0 Å². The number of nitrogens with zero attached hydrogens (tertiary/aromatic N) is 2. The van der Waals surface area contributed by atoms with E-state index in [4.69, 9.17) is 10.6 Å². The van der Waals surface area contributed by atoms with Crippen molar-refractivity contribution in [2.24, 2.45) is 5.84 Å². The molecule has 2 unspecified atom stereocenters. The van der Waals surface area contributed by atoms with Crippen LogP contribution in [0.25, 0.3) is 0 Å². The van der Waals surface area contributed by atoms with Crippen molar-refractivity contribution in [3.63, 3.8) is 0 Å². The van der Waals surface area contributed by atoms with Gasteiger partial charge in [0.25, 0.3) is 0 Å². The minimum absolute atomic E-state index is 0.0587. The van der Waals surface area contributed by atoms with Crippen molar-refractivity contribution < 1.29 is 23.4 Å². The second-order valence-electron chi connectivity index (χ2n) is 10.2. The molecular formula is C28H43N6O4S+. The van der Waals surface area contributed by atoms with Gasteiger partial charge in [-0.15, -0.1) is 0 Å². The smallest absolute Gasteiger partial charge is 0.234 e. The van der Waals surface area contributed by atoms with Crippen molar-refractivity contribution in [2.75, 3.05) is 19.3 Å². The number of carbonyl (C=O) groups is 1. The Morgan fingerprint density at radius 1 is 1.33 bits per heavy atom. The Hall–Kier alpha value is -2.99. The highest BCUT2D eigenvalue weighted by Crippen LogP contribution is 2.30. The third-order valence-electron chi connectivity index (χ3n) is 6.92. The predicted octanol–water partition coefficient (Wildman–Crippen LogP) is 1.78. The Labute approximate surface area is 232 Å². The van der Waals surface area contributed by atoms with Crippen LogP contribution in [0.15, 0.2) is 48.6 Å². The van der Waals surface area contributed by atoms with Crippen LogP contribution in [0.2, 0.25) is 0 Å². The summed E-state index contributed by atoms with van der Waals surface area (Å²) in [4.78, 5) is 19.3. The zero-order valence-corrected chi connectivity index (χ0v) is 24.3. The van der Waals surface area contributed by atoms with Crippen LogP contribution in [-0.2, 0) is 27.9 Å². The summed E-state index contributed by atoms with van der Waals surface area (Å²) in [6.45, 7) is 9.24. The van der Waals surface area contributed by atoms with Crippen molar-refractivity contribution in [1.29, 1.82) is 0 Å². The summed E-state index contributed by atoms with van der Waals surface area (Å²) in [7, 11) is -3.64.